The molecule has 1 amide bonds. The minimum absolute atomic E-state index is 0. The van der Waals surface area contributed by atoms with Gasteiger partial charge in [-0.25, -0.2) is 8.42 Å². The summed E-state index contributed by atoms with van der Waals surface area (Å²) in [6, 6.07) is 0. The van der Waals surface area contributed by atoms with E-state index in [1.54, 1.807) is 0 Å². The van der Waals surface area contributed by atoms with Crippen LogP contribution in [0.4, 0.5) is 0 Å². The van der Waals surface area contributed by atoms with Crippen molar-refractivity contribution in [3.8, 4) is 0 Å². The summed E-state index contributed by atoms with van der Waals surface area (Å²) in [6.07, 6.45) is 3.48. The Morgan fingerprint density at radius 3 is 1.96 bits per heavy atom. The molecule has 1 saturated heterocycles. The molecule has 0 aromatic carbocycles. The number of nitrogens with two attached hydrogens (primary N) is 2. The molecule has 1 aliphatic heterocycles. The van der Waals surface area contributed by atoms with Crippen LogP contribution >= 0.6 is 24.8 Å². The Bertz CT molecular complexity index is 548. The molecular formula is C16H33Cl2N3O4S. The highest BCUT2D eigenvalue weighted by Gasteiger charge is 2.48. The van der Waals surface area contributed by atoms with E-state index in [0.717, 1.165) is 0 Å². The summed E-state index contributed by atoms with van der Waals surface area (Å²) in [4.78, 5) is 24.7. The molecule has 0 aromatic rings. The quantitative estimate of drug-likeness (QED) is 0.439. The number of carbonyl (C=O) groups excluding carboxylic acids is 2. The lowest BCUT2D eigenvalue weighted by molar-refractivity contribution is -0.136. The molecule has 0 unspecified atom stereocenters. The molecule has 1 atom stereocenters. The number of sulfone groups is 1. The van der Waals surface area contributed by atoms with Crippen LogP contribution in [-0.2, 0) is 19.4 Å². The molecule has 10 heteroatoms. The van der Waals surface area contributed by atoms with Crippen LogP contribution in [0.15, 0.2) is 0 Å². The predicted molar refractivity (Wildman–Crippen MR) is 109 cm³/mol. The molecule has 1 aliphatic rings. The summed E-state index contributed by atoms with van der Waals surface area (Å²) in [5.41, 5.74) is 9.24. The van der Waals surface area contributed by atoms with E-state index < -0.39 is 44.0 Å². The van der Waals surface area contributed by atoms with Gasteiger partial charge in [0.05, 0.1) is 11.0 Å². The molecule has 156 valence electrons. The maximum atomic E-state index is 12.8. The number of primary amides is 1. The van der Waals surface area contributed by atoms with Crippen molar-refractivity contribution in [1.29, 1.82) is 0 Å². The second-order valence-electron chi connectivity index (χ2n) is 6.73. The molecule has 0 bridgehead atoms. The summed E-state index contributed by atoms with van der Waals surface area (Å²) in [7, 11) is -3.70. The monoisotopic (exact) mass is 433 g/mol. The summed E-state index contributed by atoms with van der Waals surface area (Å²) in [5.74, 6) is -2.70. The first-order valence-corrected chi connectivity index (χ1v) is 10.5. The van der Waals surface area contributed by atoms with Crippen molar-refractivity contribution >= 4 is 46.3 Å². The molecule has 0 radical (unpaired) electrons. The van der Waals surface area contributed by atoms with Crippen LogP contribution in [0.5, 0.6) is 0 Å². The third-order valence-corrected chi connectivity index (χ3v) is 7.09. The number of amides is 1. The Hall–Kier alpha value is -0.410. The molecule has 26 heavy (non-hydrogen) atoms. The van der Waals surface area contributed by atoms with Gasteiger partial charge in [0, 0.05) is 5.92 Å². The molecule has 1 rings (SSSR count). The first-order chi connectivity index (χ1) is 11.2. The number of hydrogen-bond donors (Lipinski definition) is 3. The normalized spacial score (nSPS) is 17.7. The minimum atomic E-state index is -3.70. The van der Waals surface area contributed by atoms with Crippen LogP contribution in [-0.4, -0.2) is 49.7 Å². The number of nitrogens with one attached hydrogen (secondary N) is 1. The lowest BCUT2D eigenvalue weighted by Crippen LogP contribution is -2.65. The first-order valence-electron chi connectivity index (χ1n) is 8.74. The van der Waals surface area contributed by atoms with Crippen molar-refractivity contribution < 1.29 is 18.0 Å². The first kappa shape index (κ1) is 27.8. The third-order valence-electron chi connectivity index (χ3n) is 4.75. The zero-order valence-electron chi connectivity index (χ0n) is 15.5. The minimum Gasteiger partial charge on any atom is -0.368 e. The second-order valence-corrected chi connectivity index (χ2v) is 9.01. The molecule has 0 saturated carbocycles. The van der Waals surface area contributed by atoms with E-state index in [0.29, 0.717) is 51.6 Å². The van der Waals surface area contributed by atoms with Gasteiger partial charge in [0.15, 0.2) is 21.2 Å². The fourth-order valence-electron chi connectivity index (χ4n) is 3.29. The molecular weight excluding hydrogens is 401 g/mol. The number of Topliss-reactive ketones (excluding diaryl/α,β-unsaturated/α-hetero) is 1. The zero-order chi connectivity index (χ0) is 18.4. The van der Waals surface area contributed by atoms with Crippen molar-refractivity contribution in [3.63, 3.8) is 0 Å². The Morgan fingerprint density at radius 2 is 1.58 bits per heavy atom. The largest absolute Gasteiger partial charge is 0.368 e. The number of piperidine rings is 1. The van der Waals surface area contributed by atoms with E-state index in [9.17, 15) is 18.0 Å². The number of hydrogen-bond acceptors (Lipinski definition) is 6. The lowest BCUT2D eigenvalue weighted by atomic mass is 9.82. The maximum Gasteiger partial charge on any atom is 0.246 e. The van der Waals surface area contributed by atoms with Crippen molar-refractivity contribution in [2.75, 3.05) is 18.8 Å². The highest BCUT2D eigenvalue weighted by Crippen LogP contribution is 2.24. The molecule has 5 N–H and O–H groups in total. The average Bonchev–Trinajstić information content (AvgIpc) is 2.54. The topological polar surface area (TPSA) is 132 Å². The number of rotatable bonds is 10. The van der Waals surface area contributed by atoms with E-state index in [2.05, 4.69) is 5.32 Å². The maximum absolute atomic E-state index is 12.8. The van der Waals surface area contributed by atoms with Crippen LogP contribution in [0.3, 0.4) is 0 Å². The Kier molecular flexibility index (Phi) is 13.0. The predicted octanol–water partition coefficient (Wildman–Crippen LogP) is 0.965. The van der Waals surface area contributed by atoms with E-state index in [4.69, 9.17) is 11.5 Å². The van der Waals surface area contributed by atoms with Crippen LogP contribution < -0.4 is 16.8 Å². The van der Waals surface area contributed by atoms with E-state index in [1.807, 2.05) is 13.8 Å². The van der Waals surface area contributed by atoms with Gasteiger partial charge >= 0.3 is 0 Å². The smallest absolute Gasteiger partial charge is 0.246 e. The standard InChI is InChI=1S/C16H31N3O4S.2ClH/c1-3-5-13(6-4-2)24(22,23)11-16(18,15(17)21)14(20)12-7-9-19-10-8-12;;/h12-13,19H,3-11,18H2,1-2H3,(H2,17,21);2*1H/t16-;;/m1../s1. The van der Waals surface area contributed by atoms with Gasteiger partial charge in [0.1, 0.15) is 0 Å². The molecule has 0 aromatic heterocycles. The van der Waals surface area contributed by atoms with Crippen molar-refractivity contribution in [1.82, 2.24) is 5.32 Å². The summed E-state index contributed by atoms with van der Waals surface area (Å²) >= 11 is 0. The van der Waals surface area contributed by atoms with Crippen LogP contribution in [0.1, 0.15) is 52.4 Å². The van der Waals surface area contributed by atoms with Gasteiger partial charge in [-0.2, -0.15) is 0 Å². The molecule has 1 fully saturated rings. The Morgan fingerprint density at radius 1 is 1.12 bits per heavy atom. The van der Waals surface area contributed by atoms with Crippen LogP contribution in [0.2, 0.25) is 0 Å². The van der Waals surface area contributed by atoms with E-state index in [1.165, 1.54) is 0 Å². The number of ketones is 1. The van der Waals surface area contributed by atoms with E-state index >= 15 is 0 Å². The summed E-state index contributed by atoms with van der Waals surface area (Å²) in [6.45, 7) is 5.10. The van der Waals surface area contributed by atoms with Crippen molar-refractivity contribution in [3.05, 3.63) is 0 Å². The van der Waals surface area contributed by atoms with Gasteiger partial charge in [0.2, 0.25) is 5.91 Å². The van der Waals surface area contributed by atoms with Crippen molar-refractivity contribution in [2.24, 2.45) is 17.4 Å². The highest BCUT2D eigenvalue weighted by molar-refractivity contribution is 7.92. The summed E-state index contributed by atoms with van der Waals surface area (Å²) < 4.78 is 25.5. The summed E-state index contributed by atoms with van der Waals surface area (Å²) in [5, 5.41) is 2.54. The van der Waals surface area contributed by atoms with Gasteiger partial charge in [-0.15, -0.1) is 24.8 Å². The van der Waals surface area contributed by atoms with Gasteiger partial charge in [-0.1, -0.05) is 26.7 Å². The molecule has 0 spiro atoms. The van der Waals surface area contributed by atoms with Gasteiger partial charge in [-0.3, -0.25) is 9.59 Å². The molecule has 0 aliphatic carbocycles. The fraction of sp³-hybridized carbons (Fsp3) is 0.875. The van der Waals surface area contributed by atoms with Gasteiger partial charge < -0.3 is 16.8 Å². The van der Waals surface area contributed by atoms with Crippen molar-refractivity contribution in [2.45, 2.75) is 63.2 Å². The Labute approximate surface area is 169 Å². The van der Waals surface area contributed by atoms with E-state index in [-0.39, 0.29) is 24.8 Å². The van der Waals surface area contributed by atoms with Gasteiger partial charge in [0.25, 0.3) is 0 Å². The third kappa shape index (κ3) is 6.96. The number of halogens is 2. The van der Waals surface area contributed by atoms with Crippen LogP contribution in [0, 0.1) is 5.92 Å². The lowest BCUT2D eigenvalue weighted by Gasteiger charge is -2.32. The second kappa shape index (κ2) is 12.1. The SMILES string of the molecule is CCCC(CCC)S(=O)(=O)C[C@](N)(C(N)=O)C(=O)C1CCNCC1.Cl.Cl. The Balaban J connectivity index is 0. The van der Waals surface area contributed by atoms with Crippen LogP contribution in [0.25, 0.3) is 0 Å². The average molecular weight is 434 g/mol. The fourth-order valence-corrected chi connectivity index (χ4v) is 5.64. The van der Waals surface area contributed by atoms with Gasteiger partial charge in [-0.05, 0) is 38.8 Å². The highest BCUT2D eigenvalue weighted by atomic mass is 35.5. The molecule has 1 heterocycles. The zero-order valence-corrected chi connectivity index (χ0v) is 18.0. The molecule has 7 nitrogen and oxygen atoms in total. The number of carbonyl (C=O) groups is 2.